The molecule has 2 aliphatic rings. The van der Waals surface area contributed by atoms with Crippen LogP contribution in [0.4, 0.5) is 4.79 Å². The number of rotatable bonds is 5. The number of para-hydroxylation sites is 1. The molecule has 1 aromatic carbocycles. The van der Waals surface area contributed by atoms with E-state index >= 15 is 0 Å². The van der Waals surface area contributed by atoms with Crippen LogP contribution in [-0.2, 0) is 6.54 Å². The van der Waals surface area contributed by atoms with Crippen LogP contribution in [0.3, 0.4) is 0 Å². The van der Waals surface area contributed by atoms with Gasteiger partial charge >= 0.3 is 6.03 Å². The maximum absolute atomic E-state index is 12.5. The molecule has 0 bridgehead atoms. The van der Waals surface area contributed by atoms with E-state index in [-0.39, 0.29) is 12.1 Å². The van der Waals surface area contributed by atoms with Crippen molar-refractivity contribution in [3.05, 3.63) is 29.8 Å². The number of nitrogens with zero attached hydrogens (tertiary/aromatic N) is 2. The summed E-state index contributed by atoms with van der Waals surface area (Å²) in [6, 6.07) is 8.78. The third-order valence-electron chi connectivity index (χ3n) is 5.32. The van der Waals surface area contributed by atoms with Crippen molar-refractivity contribution < 1.29 is 9.53 Å². The van der Waals surface area contributed by atoms with E-state index in [1.807, 2.05) is 17.0 Å². The third kappa shape index (κ3) is 5.37. The Morgan fingerprint density at radius 1 is 1.12 bits per heavy atom. The van der Waals surface area contributed by atoms with E-state index in [2.05, 4.69) is 36.2 Å². The minimum Gasteiger partial charge on any atom is -0.491 e. The second kappa shape index (κ2) is 9.26. The zero-order valence-electron chi connectivity index (χ0n) is 16.2. The number of hydrogen-bond acceptors (Lipinski definition) is 3. The normalized spacial score (nSPS) is 19.6. The lowest BCUT2D eigenvalue weighted by atomic mass is 9.96. The molecular weight excluding hydrogens is 326 g/mol. The highest BCUT2D eigenvalue weighted by Gasteiger charge is 2.24. The number of nitrogens with one attached hydrogen (secondary N) is 1. The van der Waals surface area contributed by atoms with Crippen LogP contribution in [0.5, 0.6) is 5.75 Å². The number of ether oxygens (including phenoxy) is 1. The first kappa shape index (κ1) is 19.0. The predicted octanol–water partition coefficient (Wildman–Crippen LogP) is 3.63. The van der Waals surface area contributed by atoms with Crippen LogP contribution in [0.2, 0.25) is 0 Å². The molecule has 3 rings (SSSR count). The fourth-order valence-corrected chi connectivity index (χ4v) is 3.87. The molecule has 2 amide bonds. The lowest BCUT2D eigenvalue weighted by Gasteiger charge is -2.36. The molecule has 1 aromatic rings. The summed E-state index contributed by atoms with van der Waals surface area (Å²) in [5.41, 5.74) is 1.22. The standard InChI is InChI=1S/C21H33N3O2/c1-17(2)26-20-11-7-6-8-18(20)16-23-12-14-24(15-13-23)21(25)22-19-9-4-3-5-10-19/h6-8,11,17,19H,3-5,9-10,12-16H2,1-2H3,(H,22,25). The Balaban J connectivity index is 1.47. The Hall–Kier alpha value is -1.75. The molecule has 5 nitrogen and oxygen atoms in total. The molecule has 1 heterocycles. The maximum Gasteiger partial charge on any atom is 0.317 e. The van der Waals surface area contributed by atoms with Gasteiger partial charge < -0.3 is 15.0 Å². The van der Waals surface area contributed by atoms with Gasteiger partial charge in [0, 0.05) is 44.3 Å². The fraction of sp³-hybridized carbons (Fsp3) is 0.667. The van der Waals surface area contributed by atoms with Gasteiger partial charge in [-0.05, 0) is 32.8 Å². The highest BCUT2D eigenvalue weighted by atomic mass is 16.5. The van der Waals surface area contributed by atoms with Gasteiger partial charge in [0.1, 0.15) is 5.75 Å². The number of urea groups is 1. The molecule has 0 spiro atoms. The summed E-state index contributed by atoms with van der Waals surface area (Å²) in [4.78, 5) is 16.9. The van der Waals surface area contributed by atoms with Crippen molar-refractivity contribution in [1.29, 1.82) is 0 Å². The molecule has 1 N–H and O–H groups in total. The second-order valence-corrected chi connectivity index (χ2v) is 7.82. The summed E-state index contributed by atoms with van der Waals surface area (Å²) in [6.07, 6.45) is 6.26. The van der Waals surface area contributed by atoms with E-state index in [9.17, 15) is 4.79 Å². The highest BCUT2D eigenvalue weighted by Crippen LogP contribution is 2.22. The second-order valence-electron chi connectivity index (χ2n) is 7.82. The lowest BCUT2D eigenvalue weighted by molar-refractivity contribution is 0.130. The Kier molecular flexibility index (Phi) is 6.78. The molecule has 0 atom stereocenters. The summed E-state index contributed by atoms with van der Waals surface area (Å²) in [5.74, 6) is 0.972. The Morgan fingerprint density at radius 2 is 1.81 bits per heavy atom. The molecule has 1 aliphatic carbocycles. The monoisotopic (exact) mass is 359 g/mol. The number of hydrogen-bond donors (Lipinski definition) is 1. The number of carbonyl (C=O) groups is 1. The predicted molar refractivity (Wildman–Crippen MR) is 104 cm³/mol. The van der Waals surface area contributed by atoms with Gasteiger partial charge in [-0.3, -0.25) is 4.90 Å². The molecule has 144 valence electrons. The molecule has 5 heteroatoms. The quantitative estimate of drug-likeness (QED) is 0.873. The summed E-state index contributed by atoms with van der Waals surface area (Å²) < 4.78 is 5.93. The van der Waals surface area contributed by atoms with E-state index in [0.717, 1.165) is 51.3 Å². The van der Waals surface area contributed by atoms with Crippen LogP contribution < -0.4 is 10.1 Å². The van der Waals surface area contributed by atoms with Gasteiger partial charge in [0.2, 0.25) is 0 Å². The molecule has 2 fully saturated rings. The SMILES string of the molecule is CC(C)Oc1ccccc1CN1CCN(C(=O)NC2CCCCC2)CC1. The van der Waals surface area contributed by atoms with Crippen LogP contribution in [-0.4, -0.2) is 54.2 Å². The molecule has 0 unspecified atom stereocenters. The fourth-order valence-electron chi connectivity index (χ4n) is 3.87. The van der Waals surface area contributed by atoms with E-state index in [4.69, 9.17) is 4.74 Å². The van der Waals surface area contributed by atoms with Gasteiger partial charge in [-0.1, -0.05) is 37.5 Å². The largest absolute Gasteiger partial charge is 0.491 e. The van der Waals surface area contributed by atoms with E-state index in [0.29, 0.717) is 6.04 Å². The molecule has 0 aromatic heterocycles. The van der Waals surface area contributed by atoms with E-state index in [1.165, 1.54) is 24.8 Å². The molecule has 1 saturated carbocycles. The van der Waals surface area contributed by atoms with Gasteiger partial charge in [0.15, 0.2) is 0 Å². The summed E-state index contributed by atoms with van der Waals surface area (Å²) >= 11 is 0. The Labute approximate surface area is 157 Å². The van der Waals surface area contributed by atoms with Crippen molar-refractivity contribution >= 4 is 6.03 Å². The highest BCUT2D eigenvalue weighted by molar-refractivity contribution is 5.74. The minimum atomic E-state index is 0.125. The summed E-state index contributed by atoms with van der Waals surface area (Å²) in [6.45, 7) is 8.40. The van der Waals surface area contributed by atoms with Gasteiger partial charge in [-0.15, -0.1) is 0 Å². The van der Waals surface area contributed by atoms with Gasteiger partial charge in [-0.2, -0.15) is 0 Å². The number of amides is 2. The van der Waals surface area contributed by atoms with Crippen LogP contribution >= 0.6 is 0 Å². The molecule has 0 radical (unpaired) electrons. The lowest BCUT2D eigenvalue weighted by Crippen LogP contribution is -2.53. The maximum atomic E-state index is 12.5. The van der Waals surface area contributed by atoms with Crippen molar-refractivity contribution in [3.63, 3.8) is 0 Å². The Morgan fingerprint density at radius 3 is 2.50 bits per heavy atom. The van der Waals surface area contributed by atoms with Crippen LogP contribution in [0.25, 0.3) is 0 Å². The molecular formula is C21H33N3O2. The van der Waals surface area contributed by atoms with Gasteiger partial charge in [0.25, 0.3) is 0 Å². The first-order valence-corrected chi connectivity index (χ1v) is 10.1. The smallest absolute Gasteiger partial charge is 0.317 e. The molecule has 1 aliphatic heterocycles. The summed E-state index contributed by atoms with van der Waals surface area (Å²) in [5, 5.41) is 3.23. The van der Waals surface area contributed by atoms with Crippen molar-refractivity contribution in [2.75, 3.05) is 26.2 Å². The minimum absolute atomic E-state index is 0.125. The topological polar surface area (TPSA) is 44.8 Å². The van der Waals surface area contributed by atoms with E-state index in [1.54, 1.807) is 0 Å². The van der Waals surface area contributed by atoms with Gasteiger partial charge in [0.05, 0.1) is 6.10 Å². The number of benzene rings is 1. The van der Waals surface area contributed by atoms with E-state index < -0.39 is 0 Å². The third-order valence-corrected chi connectivity index (χ3v) is 5.32. The number of carbonyl (C=O) groups excluding carboxylic acids is 1. The average Bonchev–Trinajstić information content (AvgIpc) is 2.64. The van der Waals surface area contributed by atoms with Crippen LogP contribution in [0, 0.1) is 0 Å². The molecule has 26 heavy (non-hydrogen) atoms. The first-order chi connectivity index (χ1) is 12.6. The zero-order chi connectivity index (χ0) is 18.4. The van der Waals surface area contributed by atoms with Crippen molar-refractivity contribution in [1.82, 2.24) is 15.1 Å². The first-order valence-electron chi connectivity index (χ1n) is 10.1. The van der Waals surface area contributed by atoms with Crippen LogP contribution in [0.15, 0.2) is 24.3 Å². The van der Waals surface area contributed by atoms with Gasteiger partial charge in [-0.25, -0.2) is 4.79 Å². The Bertz CT molecular complexity index is 576. The molecule has 1 saturated heterocycles. The average molecular weight is 360 g/mol. The van der Waals surface area contributed by atoms with Crippen molar-refractivity contribution in [2.24, 2.45) is 0 Å². The number of piperazine rings is 1. The van der Waals surface area contributed by atoms with Crippen LogP contribution in [0.1, 0.15) is 51.5 Å². The zero-order valence-corrected chi connectivity index (χ0v) is 16.2. The summed E-state index contributed by atoms with van der Waals surface area (Å²) in [7, 11) is 0. The van der Waals surface area contributed by atoms with Crippen molar-refractivity contribution in [2.45, 2.75) is 64.6 Å². The van der Waals surface area contributed by atoms with Crippen molar-refractivity contribution in [3.8, 4) is 5.75 Å².